The highest BCUT2D eigenvalue weighted by molar-refractivity contribution is 5.68. The van der Waals surface area contributed by atoms with E-state index in [1.165, 1.54) is 11.3 Å². The molecule has 0 bridgehead atoms. The molecule has 1 aromatic carbocycles. The molecule has 1 amide bonds. The van der Waals surface area contributed by atoms with Crippen LogP contribution in [0.2, 0.25) is 0 Å². The molecule has 5 nitrogen and oxygen atoms in total. The molecule has 0 fully saturated rings. The standard InChI is InChI=1S/C18H29N3O2/c1-5-20(17(22)23-18(2,3)4)11-12-21-10-6-7-14-13-15(19)8-9-16(14)21/h8-9,13H,5-7,10-12,19H2,1-4H3. The Hall–Kier alpha value is -1.91. The summed E-state index contributed by atoms with van der Waals surface area (Å²) in [5, 5.41) is 0. The molecule has 2 N–H and O–H groups in total. The third-order valence-corrected chi connectivity index (χ3v) is 3.99. The van der Waals surface area contributed by atoms with Crippen molar-refractivity contribution in [2.24, 2.45) is 0 Å². The highest BCUT2D eigenvalue weighted by Crippen LogP contribution is 2.28. The first-order chi connectivity index (χ1) is 10.8. The second kappa shape index (κ2) is 7.11. The van der Waals surface area contributed by atoms with Crippen LogP contribution in [0.5, 0.6) is 0 Å². The highest BCUT2D eigenvalue weighted by atomic mass is 16.6. The quantitative estimate of drug-likeness (QED) is 0.865. The van der Waals surface area contributed by atoms with Crippen molar-refractivity contribution >= 4 is 17.5 Å². The molecule has 0 unspecified atom stereocenters. The van der Waals surface area contributed by atoms with Gasteiger partial charge in [0.15, 0.2) is 0 Å². The highest BCUT2D eigenvalue weighted by Gasteiger charge is 2.23. The van der Waals surface area contributed by atoms with E-state index >= 15 is 0 Å². The van der Waals surface area contributed by atoms with Crippen molar-refractivity contribution in [2.45, 2.75) is 46.1 Å². The van der Waals surface area contributed by atoms with Crippen LogP contribution in [0.25, 0.3) is 0 Å². The van der Waals surface area contributed by atoms with Crippen molar-refractivity contribution in [3.63, 3.8) is 0 Å². The van der Waals surface area contributed by atoms with Crippen LogP contribution < -0.4 is 10.6 Å². The molecule has 1 aliphatic heterocycles. The molecule has 23 heavy (non-hydrogen) atoms. The minimum absolute atomic E-state index is 0.241. The Kier molecular flexibility index (Phi) is 5.39. The number of aryl methyl sites for hydroxylation is 1. The number of rotatable bonds is 4. The number of anilines is 2. The van der Waals surface area contributed by atoms with Crippen LogP contribution in [-0.2, 0) is 11.2 Å². The molecule has 0 saturated carbocycles. The molecule has 2 rings (SSSR count). The van der Waals surface area contributed by atoms with E-state index in [4.69, 9.17) is 10.5 Å². The van der Waals surface area contributed by atoms with Gasteiger partial charge in [-0.3, -0.25) is 0 Å². The van der Waals surface area contributed by atoms with Gasteiger partial charge >= 0.3 is 6.09 Å². The zero-order valence-electron chi connectivity index (χ0n) is 14.8. The Morgan fingerprint density at radius 2 is 2.13 bits per heavy atom. The Morgan fingerprint density at radius 1 is 1.39 bits per heavy atom. The molecule has 0 aliphatic carbocycles. The Morgan fingerprint density at radius 3 is 2.78 bits per heavy atom. The number of nitrogens with zero attached hydrogens (tertiary/aromatic N) is 2. The first kappa shape index (κ1) is 17.4. The van der Waals surface area contributed by atoms with Crippen LogP contribution >= 0.6 is 0 Å². The van der Waals surface area contributed by atoms with Gasteiger partial charge in [0.2, 0.25) is 0 Å². The number of amides is 1. The van der Waals surface area contributed by atoms with Gasteiger partial charge in [-0.1, -0.05) is 0 Å². The second-order valence-corrected chi connectivity index (χ2v) is 7.04. The molecular formula is C18H29N3O2. The molecule has 0 saturated heterocycles. The van der Waals surface area contributed by atoms with E-state index in [1.54, 1.807) is 4.90 Å². The molecule has 0 aromatic heterocycles. The van der Waals surface area contributed by atoms with Gasteiger partial charge in [0.05, 0.1) is 0 Å². The number of ether oxygens (including phenoxy) is 1. The lowest BCUT2D eigenvalue weighted by atomic mass is 10.0. The van der Waals surface area contributed by atoms with Crippen molar-refractivity contribution in [2.75, 3.05) is 36.8 Å². The normalized spacial score (nSPS) is 14.3. The van der Waals surface area contributed by atoms with Gasteiger partial charge in [0.1, 0.15) is 5.60 Å². The van der Waals surface area contributed by atoms with E-state index in [0.717, 1.165) is 31.6 Å². The summed E-state index contributed by atoms with van der Waals surface area (Å²) in [5.74, 6) is 0. The number of nitrogens with two attached hydrogens (primary N) is 1. The number of benzene rings is 1. The van der Waals surface area contributed by atoms with Crippen molar-refractivity contribution in [1.29, 1.82) is 0 Å². The van der Waals surface area contributed by atoms with Crippen molar-refractivity contribution in [3.05, 3.63) is 23.8 Å². The summed E-state index contributed by atoms with van der Waals surface area (Å²) < 4.78 is 5.47. The molecule has 0 spiro atoms. The third-order valence-electron chi connectivity index (χ3n) is 3.99. The topological polar surface area (TPSA) is 58.8 Å². The molecule has 128 valence electrons. The van der Waals surface area contributed by atoms with Crippen LogP contribution in [0.4, 0.5) is 16.2 Å². The predicted molar refractivity (Wildman–Crippen MR) is 94.9 cm³/mol. The fraction of sp³-hybridized carbons (Fsp3) is 0.611. The number of hydrogen-bond donors (Lipinski definition) is 1. The van der Waals surface area contributed by atoms with Crippen LogP contribution in [-0.4, -0.2) is 42.8 Å². The van der Waals surface area contributed by atoms with Gasteiger partial charge in [-0.15, -0.1) is 0 Å². The first-order valence-electron chi connectivity index (χ1n) is 8.41. The summed E-state index contributed by atoms with van der Waals surface area (Å²) in [6.07, 6.45) is 1.95. The number of nitrogen functional groups attached to an aromatic ring is 1. The summed E-state index contributed by atoms with van der Waals surface area (Å²) in [5.41, 5.74) is 8.78. The third kappa shape index (κ3) is 4.78. The van der Waals surface area contributed by atoms with Crippen molar-refractivity contribution in [1.82, 2.24) is 4.90 Å². The van der Waals surface area contributed by atoms with Gasteiger partial charge < -0.3 is 20.3 Å². The maximum atomic E-state index is 12.2. The van der Waals surface area contributed by atoms with E-state index < -0.39 is 5.60 Å². The molecule has 5 heteroatoms. The number of carbonyl (C=O) groups excluding carboxylic acids is 1. The Balaban J connectivity index is 1.99. The Labute approximate surface area is 139 Å². The fourth-order valence-corrected chi connectivity index (χ4v) is 2.87. The maximum absolute atomic E-state index is 12.2. The number of fused-ring (bicyclic) bond motifs is 1. The van der Waals surface area contributed by atoms with Gasteiger partial charge in [-0.2, -0.15) is 0 Å². The van der Waals surface area contributed by atoms with Crippen molar-refractivity contribution < 1.29 is 9.53 Å². The number of likely N-dealkylation sites (N-methyl/N-ethyl adjacent to an activating group) is 1. The summed E-state index contributed by atoms with van der Waals surface area (Å²) in [7, 11) is 0. The summed E-state index contributed by atoms with van der Waals surface area (Å²) in [4.78, 5) is 16.3. The predicted octanol–water partition coefficient (Wildman–Crippen LogP) is 3.28. The van der Waals surface area contributed by atoms with Crippen LogP contribution in [0.1, 0.15) is 39.7 Å². The molecule has 1 aromatic rings. The maximum Gasteiger partial charge on any atom is 0.410 e. The smallest absolute Gasteiger partial charge is 0.410 e. The van der Waals surface area contributed by atoms with E-state index in [-0.39, 0.29) is 6.09 Å². The Bertz CT molecular complexity index is 552. The number of hydrogen-bond acceptors (Lipinski definition) is 4. The molecule has 1 heterocycles. The summed E-state index contributed by atoms with van der Waals surface area (Å²) in [6, 6.07) is 6.10. The number of carbonyl (C=O) groups is 1. The average molecular weight is 319 g/mol. The zero-order chi connectivity index (χ0) is 17.0. The van der Waals surface area contributed by atoms with E-state index in [1.807, 2.05) is 33.8 Å². The van der Waals surface area contributed by atoms with Crippen molar-refractivity contribution in [3.8, 4) is 0 Å². The first-order valence-corrected chi connectivity index (χ1v) is 8.41. The SMILES string of the molecule is CCN(CCN1CCCc2cc(N)ccc21)C(=O)OC(C)(C)C. The lowest BCUT2D eigenvalue weighted by molar-refractivity contribution is 0.0265. The van der Waals surface area contributed by atoms with E-state index in [2.05, 4.69) is 17.0 Å². The second-order valence-electron chi connectivity index (χ2n) is 7.04. The van der Waals surface area contributed by atoms with Crippen LogP contribution in [0.15, 0.2) is 18.2 Å². The molecular weight excluding hydrogens is 290 g/mol. The van der Waals surface area contributed by atoms with Crippen LogP contribution in [0.3, 0.4) is 0 Å². The lowest BCUT2D eigenvalue weighted by Gasteiger charge is -2.34. The van der Waals surface area contributed by atoms with E-state index in [0.29, 0.717) is 13.1 Å². The average Bonchev–Trinajstić information content (AvgIpc) is 2.45. The largest absolute Gasteiger partial charge is 0.444 e. The summed E-state index contributed by atoms with van der Waals surface area (Å²) in [6.45, 7) is 10.8. The van der Waals surface area contributed by atoms with Gasteiger partial charge in [0.25, 0.3) is 0 Å². The molecule has 1 aliphatic rings. The minimum atomic E-state index is -0.459. The van der Waals surface area contributed by atoms with Crippen LogP contribution in [0, 0.1) is 0 Å². The molecule has 0 radical (unpaired) electrons. The van der Waals surface area contributed by atoms with Gasteiger partial charge in [-0.25, -0.2) is 4.79 Å². The fourth-order valence-electron chi connectivity index (χ4n) is 2.87. The minimum Gasteiger partial charge on any atom is -0.444 e. The van der Waals surface area contributed by atoms with E-state index in [9.17, 15) is 4.79 Å². The zero-order valence-corrected chi connectivity index (χ0v) is 14.8. The van der Waals surface area contributed by atoms with Gasteiger partial charge in [0, 0.05) is 37.6 Å². The van der Waals surface area contributed by atoms with Gasteiger partial charge in [-0.05, 0) is 64.3 Å². The summed E-state index contributed by atoms with van der Waals surface area (Å²) >= 11 is 0. The monoisotopic (exact) mass is 319 g/mol. The lowest BCUT2D eigenvalue weighted by Crippen LogP contribution is -2.42. The molecule has 0 atom stereocenters.